The average Bonchev–Trinajstić information content (AvgIpc) is 3.26. The number of carbonyl (C=O) groups excluding carboxylic acids is 3. The molecule has 0 bridgehead atoms. The lowest BCUT2D eigenvalue weighted by atomic mass is 9.93. The molecule has 0 saturated heterocycles. The molecule has 2 aromatic rings. The summed E-state index contributed by atoms with van der Waals surface area (Å²) in [5, 5.41) is 2.93. The van der Waals surface area contributed by atoms with Crippen molar-refractivity contribution in [2.24, 2.45) is 0 Å². The number of carbonyl (C=O) groups is 3. The molecular formula is C24H30N4O7. The van der Waals surface area contributed by atoms with Crippen LogP contribution in [0.5, 0.6) is 11.5 Å². The van der Waals surface area contributed by atoms with E-state index < -0.39 is 17.4 Å². The molecular weight excluding hydrogens is 456 g/mol. The van der Waals surface area contributed by atoms with E-state index in [1.165, 1.54) is 22.9 Å². The fraction of sp³-hybridized carbons (Fsp3) is 0.500. The number of benzene rings is 1. The van der Waals surface area contributed by atoms with Crippen molar-refractivity contribution < 1.29 is 33.3 Å². The van der Waals surface area contributed by atoms with Crippen LogP contribution < -0.4 is 19.7 Å². The number of fused-ring (bicyclic) bond motifs is 2. The summed E-state index contributed by atoms with van der Waals surface area (Å²) in [6, 6.07) is 5.06. The van der Waals surface area contributed by atoms with Crippen molar-refractivity contribution in [2.75, 3.05) is 38.4 Å². The molecule has 0 radical (unpaired) electrons. The highest BCUT2D eigenvalue weighted by atomic mass is 16.6. The van der Waals surface area contributed by atoms with Gasteiger partial charge in [0, 0.05) is 24.9 Å². The van der Waals surface area contributed by atoms with Gasteiger partial charge in [-0.05, 0) is 39.3 Å². The molecule has 188 valence electrons. The van der Waals surface area contributed by atoms with Crippen molar-refractivity contribution in [3.63, 3.8) is 0 Å². The maximum Gasteiger partial charge on any atom is 0.359 e. The normalized spacial score (nSPS) is 18.9. The van der Waals surface area contributed by atoms with Gasteiger partial charge >= 0.3 is 5.97 Å². The highest BCUT2D eigenvalue weighted by molar-refractivity contribution is 6.15. The first-order valence-corrected chi connectivity index (χ1v) is 11.5. The van der Waals surface area contributed by atoms with Gasteiger partial charge in [-0.2, -0.15) is 0 Å². The number of ether oxygens (including phenoxy) is 4. The summed E-state index contributed by atoms with van der Waals surface area (Å²) < 4.78 is 23.2. The van der Waals surface area contributed by atoms with Gasteiger partial charge in [-0.15, -0.1) is 0 Å². The van der Waals surface area contributed by atoms with Crippen LogP contribution in [0.25, 0.3) is 0 Å². The summed E-state index contributed by atoms with van der Waals surface area (Å²) in [5.74, 6) is -0.591. The summed E-state index contributed by atoms with van der Waals surface area (Å²) >= 11 is 0. The van der Waals surface area contributed by atoms with E-state index in [9.17, 15) is 14.4 Å². The highest BCUT2D eigenvalue weighted by Crippen LogP contribution is 2.39. The molecule has 4 rings (SSSR count). The van der Waals surface area contributed by atoms with Gasteiger partial charge in [-0.25, -0.2) is 9.78 Å². The summed E-state index contributed by atoms with van der Waals surface area (Å²) in [7, 11) is 1.22. The van der Waals surface area contributed by atoms with Crippen molar-refractivity contribution >= 4 is 23.5 Å². The minimum atomic E-state index is -1.32. The molecule has 35 heavy (non-hydrogen) atoms. The van der Waals surface area contributed by atoms with Crippen LogP contribution in [-0.4, -0.2) is 72.5 Å². The van der Waals surface area contributed by atoms with E-state index in [1.807, 2.05) is 13.8 Å². The van der Waals surface area contributed by atoms with Gasteiger partial charge in [-0.1, -0.05) is 0 Å². The average molecular weight is 487 g/mol. The van der Waals surface area contributed by atoms with Crippen LogP contribution in [0.15, 0.2) is 24.5 Å². The number of rotatable bonds is 8. The number of hydrogen-bond donors (Lipinski definition) is 1. The number of anilines is 1. The summed E-state index contributed by atoms with van der Waals surface area (Å²) in [4.78, 5) is 45.1. The Bertz CT molecular complexity index is 1130. The Morgan fingerprint density at radius 3 is 2.69 bits per heavy atom. The number of nitrogens with one attached hydrogen (secondary N) is 1. The van der Waals surface area contributed by atoms with E-state index >= 15 is 0 Å². The Balaban J connectivity index is 1.69. The zero-order valence-electron chi connectivity index (χ0n) is 20.3. The molecule has 3 heterocycles. The number of nitrogens with zero attached hydrogens (tertiary/aromatic N) is 3. The molecule has 2 aliphatic rings. The lowest BCUT2D eigenvalue weighted by Crippen LogP contribution is -2.64. The predicted octanol–water partition coefficient (Wildman–Crippen LogP) is 1.79. The zero-order valence-corrected chi connectivity index (χ0v) is 20.3. The Kier molecular flexibility index (Phi) is 6.97. The number of amides is 2. The highest BCUT2D eigenvalue weighted by Gasteiger charge is 2.50. The van der Waals surface area contributed by atoms with Crippen molar-refractivity contribution in [1.29, 1.82) is 0 Å². The van der Waals surface area contributed by atoms with Crippen molar-refractivity contribution in [3.8, 4) is 11.5 Å². The van der Waals surface area contributed by atoms with Crippen molar-refractivity contribution in [2.45, 2.75) is 45.4 Å². The first-order valence-electron chi connectivity index (χ1n) is 11.5. The van der Waals surface area contributed by atoms with Crippen molar-refractivity contribution in [1.82, 2.24) is 14.9 Å². The van der Waals surface area contributed by atoms with E-state index in [1.54, 1.807) is 25.1 Å². The quantitative estimate of drug-likeness (QED) is 0.443. The molecule has 11 nitrogen and oxygen atoms in total. The van der Waals surface area contributed by atoms with Crippen LogP contribution >= 0.6 is 0 Å². The molecule has 11 heteroatoms. The summed E-state index contributed by atoms with van der Waals surface area (Å²) in [5.41, 5.74) is -0.931. The minimum Gasteiger partial charge on any atom is -0.486 e. The summed E-state index contributed by atoms with van der Waals surface area (Å²) in [6.45, 7) is 7.36. The molecule has 0 aliphatic carbocycles. The lowest BCUT2D eigenvalue weighted by molar-refractivity contribution is -0.126. The van der Waals surface area contributed by atoms with E-state index in [-0.39, 0.29) is 29.9 Å². The molecule has 2 aliphatic heterocycles. The topological polar surface area (TPSA) is 121 Å². The van der Waals surface area contributed by atoms with E-state index in [0.717, 1.165) is 0 Å². The number of imidazole rings is 1. The van der Waals surface area contributed by atoms with Gasteiger partial charge in [0.15, 0.2) is 17.2 Å². The molecule has 1 aromatic heterocycles. The summed E-state index contributed by atoms with van der Waals surface area (Å²) in [6.07, 6.45) is 2.11. The number of methoxy groups -OCH3 is 1. The lowest BCUT2D eigenvalue weighted by Gasteiger charge is -2.43. The van der Waals surface area contributed by atoms with Crippen LogP contribution in [0, 0.1) is 0 Å². The van der Waals surface area contributed by atoms with Crippen LogP contribution in [-0.2, 0) is 20.8 Å². The fourth-order valence-electron chi connectivity index (χ4n) is 4.24. The van der Waals surface area contributed by atoms with Gasteiger partial charge in [-0.3, -0.25) is 14.5 Å². The second-order valence-electron chi connectivity index (χ2n) is 8.83. The molecule has 0 fully saturated rings. The number of aromatic nitrogens is 2. The fourth-order valence-corrected chi connectivity index (χ4v) is 4.24. The Morgan fingerprint density at radius 1 is 1.23 bits per heavy atom. The van der Waals surface area contributed by atoms with Gasteiger partial charge < -0.3 is 28.8 Å². The second kappa shape index (κ2) is 9.95. The predicted molar refractivity (Wildman–Crippen MR) is 125 cm³/mol. The molecule has 1 N–H and O–H groups in total. The molecule has 1 atom stereocenters. The smallest absolute Gasteiger partial charge is 0.359 e. The van der Waals surface area contributed by atoms with Gasteiger partial charge in [0.2, 0.25) is 5.91 Å². The van der Waals surface area contributed by atoms with Gasteiger partial charge in [0.25, 0.3) is 5.91 Å². The van der Waals surface area contributed by atoms with E-state index in [0.29, 0.717) is 50.0 Å². The monoisotopic (exact) mass is 486 g/mol. The van der Waals surface area contributed by atoms with Crippen LogP contribution in [0.3, 0.4) is 0 Å². The molecule has 1 unspecified atom stereocenters. The zero-order chi connectivity index (χ0) is 25.2. The minimum absolute atomic E-state index is 0.0577. The van der Waals surface area contributed by atoms with Gasteiger partial charge in [0.05, 0.1) is 26.1 Å². The third-order valence-electron chi connectivity index (χ3n) is 5.92. The Hall–Kier alpha value is -3.60. The number of esters is 1. The standard InChI is InChI=1S/C24H30N4O7/c1-15(2)33-9-5-8-25-23(31)24(3)13-27-14-26-19(22(30)32-4)20(27)21(29)28(24)16-6-7-17-18(12-16)35-11-10-34-17/h6-7,12,14-15H,5,8-11,13H2,1-4H3,(H,25,31). The largest absolute Gasteiger partial charge is 0.486 e. The van der Waals surface area contributed by atoms with E-state index in [4.69, 9.17) is 18.9 Å². The third-order valence-corrected chi connectivity index (χ3v) is 5.92. The molecule has 0 spiro atoms. The SMILES string of the molecule is COC(=O)c1ncn2c1C(=O)N(c1ccc3c(c1)OCCO3)C(C)(C(=O)NCCCOC(C)C)C2. The number of hydrogen-bond acceptors (Lipinski definition) is 8. The van der Waals surface area contributed by atoms with Crippen LogP contribution in [0.1, 0.15) is 48.2 Å². The second-order valence-corrected chi connectivity index (χ2v) is 8.83. The maximum absolute atomic E-state index is 13.8. The first-order chi connectivity index (χ1) is 16.8. The first kappa shape index (κ1) is 24.5. The third kappa shape index (κ3) is 4.68. The Labute approximate surface area is 203 Å². The van der Waals surface area contributed by atoms with Crippen LogP contribution in [0.2, 0.25) is 0 Å². The molecule has 1 aromatic carbocycles. The molecule has 0 saturated carbocycles. The van der Waals surface area contributed by atoms with E-state index in [2.05, 4.69) is 10.3 Å². The maximum atomic E-state index is 13.8. The van der Waals surface area contributed by atoms with Crippen molar-refractivity contribution in [3.05, 3.63) is 35.9 Å². The Morgan fingerprint density at radius 2 is 1.97 bits per heavy atom. The molecule has 2 amide bonds. The van der Waals surface area contributed by atoms with Crippen LogP contribution in [0.4, 0.5) is 5.69 Å². The van der Waals surface area contributed by atoms with Gasteiger partial charge in [0.1, 0.15) is 24.4 Å².